The molecule has 2 heterocycles. The average molecular weight is 567 g/mol. The first-order valence-electron chi connectivity index (χ1n) is 13.2. The third kappa shape index (κ3) is 7.27. The molecule has 3 N–H and O–H groups in total. The Morgan fingerprint density at radius 2 is 1.14 bits per heavy atom. The highest BCUT2D eigenvalue weighted by molar-refractivity contribution is 6.04. The normalized spacial score (nSPS) is 10.2. The minimum atomic E-state index is -0.535. The molecule has 1 amide bonds. The Kier molecular flexibility index (Phi) is 9.81. The SMILES string of the molecule is CCOC(=O)c1cc(N)n(-c2ccccc2)n1.CCOC(=O)c1cc(NC(=O)c2ccccc2)n(-c2ccccc2)n1. The van der Waals surface area contributed by atoms with E-state index in [0.29, 0.717) is 23.8 Å². The first-order chi connectivity index (χ1) is 20.4. The summed E-state index contributed by atoms with van der Waals surface area (Å²) >= 11 is 0. The number of hydrogen-bond donors (Lipinski definition) is 2. The van der Waals surface area contributed by atoms with Crippen LogP contribution >= 0.6 is 0 Å². The van der Waals surface area contributed by atoms with E-state index in [-0.39, 0.29) is 23.9 Å². The lowest BCUT2D eigenvalue weighted by atomic mass is 10.2. The molecule has 5 aromatic rings. The van der Waals surface area contributed by atoms with Gasteiger partial charge in [-0.3, -0.25) is 4.79 Å². The minimum Gasteiger partial charge on any atom is -0.461 e. The van der Waals surface area contributed by atoms with E-state index in [0.717, 1.165) is 11.4 Å². The van der Waals surface area contributed by atoms with Crippen LogP contribution in [0.25, 0.3) is 11.4 Å². The fourth-order valence-corrected chi connectivity index (χ4v) is 3.80. The predicted octanol–water partition coefficient (Wildman–Crippen LogP) is 4.93. The molecule has 0 bridgehead atoms. The summed E-state index contributed by atoms with van der Waals surface area (Å²) in [5.74, 6) is -0.489. The Bertz CT molecular complexity index is 1630. The van der Waals surface area contributed by atoms with Crippen LogP contribution in [0.5, 0.6) is 0 Å². The van der Waals surface area contributed by atoms with Crippen LogP contribution in [-0.2, 0) is 9.47 Å². The lowest BCUT2D eigenvalue weighted by molar-refractivity contribution is 0.0509. The monoisotopic (exact) mass is 566 g/mol. The Hall–Kier alpha value is -5.71. The zero-order chi connectivity index (χ0) is 29.9. The fraction of sp³-hybridized carbons (Fsp3) is 0.129. The van der Waals surface area contributed by atoms with E-state index in [4.69, 9.17) is 15.2 Å². The van der Waals surface area contributed by atoms with Crippen molar-refractivity contribution in [2.75, 3.05) is 24.3 Å². The Labute approximate surface area is 242 Å². The van der Waals surface area contributed by atoms with Gasteiger partial charge in [0.2, 0.25) is 0 Å². The number of para-hydroxylation sites is 2. The maximum atomic E-state index is 12.4. The molecule has 5 rings (SSSR count). The van der Waals surface area contributed by atoms with Crippen LogP contribution in [0.4, 0.5) is 11.6 Å². The van der Waals surface area contributed by atoms with Crippen molar-refractivity contribution in [3.8, 4) is 11.4 Å². The molecule has 42 heavy (non-hydrogen) atoms. The van der Waals surface area contributed by atoms with Crippen molar-refractivity contribution >= 4 is 29.5 Å². The van der Waals surface area contributed by atoms with Crippen molar-refractivity contribution in [1.29, 1.82) is 0 Å². The van der Waals surface area contributed by atoms with Gasteiger partial charge in [-0.2, -0.15) is 10.2 Å². The maximum absolute atomic E-state index is 12.4. The van der Waals surface area contributed by atoms with E-state index in [1.54, 1.807) is 38.1 Å². The summed E-state index contributed by atoms with van der Waals surface area (Å²) in [6.45, 7) is 4.04. The van der Waals surface area contributed by atoms with Gasteiger partial charge in [-0.15, -0.1) is 0 Å². The number of esters is 2. The molecule has 214 valence electrons. The van der Waals surface area contributed by atoms with Gasteiger partial charge in [-0.05, 0) is 50.2 Å². The molecule has 0 spiro atoms. The van der Waals surface area contributed by atoms with Gasteiger partial charge in [-0.25, -0.2) is 19.0 Å². The maximum Gasteiger partial charge on any atom is 0.358 e. The van der Waals surface area contributed by atoms with Crippen LogP contribution < -0.4 is 11.1 Å². The van der Waals surface area contributed by atoms with E-state index in [2.05, 4.69) is 15.5 Å². The molecule has 0 atom stereocenters. The summed E-state index contributed by atoms with van der Waals surface area (Å²) in [5.41, 5.74) is 8.19. The zero-order valence-electron chi connectivity index (χ0n) is 23.1. The molecule has 0 fully saturated rings. The average Bonchev–Trinajstić information content (AvgIpc) is 3.63. The number of nitrogens with one attached hydrogen (secondary N) is 1. The van der Waals surface area contributed by atoms with E-state index < -0.39 is 11.9 Å². The van der Waals surface area contributed by atoms with Crippen LogP contribution in [0, 0.1) is 0 Å². The van der Waals surface area contributed by atoms with Crippen LogP contribution in [0.1, 0.15) is 45.2 Å². The Morgan fingerprint density at radius 3 is 1.67 bits per heavy atom. The fourth-order valence-electron chi connectivity index (χ4n) is 3.80. The highest BCUT2D eigenvalue weighted by atomic mass is 16.5. The van der Waals surface area contributed by atoms with Crippen molar-refractivity contribution in [1.82, 2.24) is 19.6 Å². The largest absolute Gasteiger partial charge is 0.461 e. The second-order valence-corrected chi connectivity index (χ2v) is 8.63. The van der Waals surface area contributed by atoms with E-state index in [1.807, 2.05) is 66.7 Å². The van der Waals surface area contributed by atoms with Crippen molar-refractivity contribution in [3.63, 3.8) is 0 Å². The molecule has 11 nitrogen and oxygen atoms in total. The number of carbonyl (C=O) groups excluding carboxylic acids is 3. The van der Waals surface area contributed by atoms with Gasteiger partial charge in [0.15, 0.2) is 11.4 Å². The summed E-state index contributed by atoms with van der Waals surface area (Å²) < 4.78 is 12.9. The topological polar surface area (TPSA) is 143 Å². The smallest absolute Gasteiger partial charge is 0.358 e. The number of hydrogen-bond acceptors (Lipinski definition) is 8. The molecule has 2 aromatic heterocycles. The molecule has 0 aliphatic rings. The zero-order valence-corrected chi connectivity index (χ0v) is 23.1. The third-order valence-corrected chi connectivity index (χ3v) is 5.69. The molecule has 0 saturated carbocycles. The Balaban J connectivity index is 0.000000208. The summed E-state index contributed by atoms with van der Waals surface area (Å²) in [4.78, 5) is 35.9. The molecule has 0 aliphatic heterocycles. The van der Waals surface area contributed by atoms with Gasteiger partial charge in [0.25, 0.3) is 5.91 Å². The molecule has 3 aromatic carbocycles. The third-order valence-electron chi connectivity index (χ3n) is 5.69. The molecule has 0 radical (unpaired) electrons. The van der Waals surface area contributed by atoms with Gasteiger partial charge in [0, 0.05) is 17.7 Å². The van der Waals surface area contributed by atoms with Gasteiger partial charge in [0.1, 0.15) is 11.6 Å². The molecular weight excluding hydrogens is 536 g/mol. The standard InChI is InChI=1S/C19H17N3O3.C12H13N3O2/c1-2-25-19(24)16-13-17(20-18(23)14-9-5-3-6-10-14)22(21-16)15-11-7-4-8-12-15;1-2-17-12(16)10-8-11(13)15(14-10)9-6-4-3-5-7-9/h3-13H,2H2,1H3,(H,20,23);3-8H,2,13H2,1H3. The molecule has 11 heteroatoms. The van der Waals surface area contributed by atoms with Crippen LogP contribution in [0.15, 0.2) is 103 Å². The summed E-state index contributed by atoms with van der Waals surface area (Å²) in [7, 11) is 0. The van der Waals surface area contributed by atoms with Crippen LogP contribution in [0.3, 0.4) is 0 Å². The first-order valence-corrected chi connectivity index (χ1v) is 13.2. The van der Waals surface area contributed by atoms with Gasteiger partial charge in [-0.1, -0.05) is 54.6 Å². The highest BCUT2D eigenvalue weighted by Crippen LogP contribution is 2.19. The number of nitrogen functional groups attached to an aromatic ring is 1. The number of anilines is 2. The number of nitrogens with zero attached hydrogens (tertiary/aromatic N) is 4. The van der Waals surface area contributed by atoms with Crippen molar-refractivity contribution in [2.24, 2.45) is 0 Å². The number of rotatable bonds is 8. The summed E-state index contributed by atoms with van der Waals surface area (Å²) in [5, 5.41) is 11.2. The van der Waals surface area contributed by atoms with Gasteiger partial charge >= 0.3 is 11.9 Å². The van der Waals surface area contributed by atoms with E-state index in [9.17, 15) is 14.4 Å². The highest BCUT2D eigenvalue weighted by Gasteiger charge is 2.18. The summed E-state index contributed by atoms with van der Waals surface area (Å²) in [6.07, 6.45) is 0. The Morgan fingerprint density at radius 1 is 0.690 bits per heavy atom. The lowest BCUT2D eigenvalue weighted by Gasteiger charge is -2.08. The summed E-state index contributed by atoms with van der Waals surface area (Å²) in [6, 6.07) is 30.5. The van der Waals surface area contributed by atoms with Crippen molar-refractivity contribution < 1.29 is 23.9 Å². The number of benzene rings is 3. The first kappa shape index (κ1) is 29.3. The molecule has 0 aliphatic carbocycles. The second kappa shape index (κ2) is 14.1. The van der Waals surface area contributed by atoms with Gasteiger partial charge < -0.3 is 20.5 Å². The molecule has 0 saturated heterocycles. The van der Waals surface area contributed by atoms with Crippen molar-refractivity contribution in [3.05, 3.63) is 120 Å². The van der Waals surface area contributed by atoms with E-state index >= 15 is 0 Å². The number of amides is 1. The number of aromatic nitrogens is 4. The molecular formula is C31H30N6O5. The van der Waals surface area contributed by atoms with Crippen molar-refractivity contribution in [2.45, 2.75) is 13.8 Å². The quantitative estimate of drug-likeness (QED) is 0.252. The van der Waals surface area contributed by atoms with Crippen LogP contribution in [-0.4, -0.2) is 50.6 Å². The predicted molar refractivity (Wildman–Crippen MR) is 158 cm³/mol. The van der Waals surface area contributed by atoms with Gasteiger partial charge in [0.05, 0.1) is 24.6 Å². The number of ether oxygens (including phenoxy) is 2. The lowest BCUT2D eigenvalue weighted by Crippen LogP contribution is -2.15. The second-order valence-electron chi connectivity index (χ2n) is 8.63. The number of carbonyl (C=O) groups is 3. The minimum absolute atomic E-state index is 0.133. The molecule has 0 unspecified atom stereocenters. The van der Waals surface area contributed by atoms with Crippen LogP contribution in [0.2, 0.25) is 0 Å². The number of nitrogens with two attached hydrogens (primary N) is 1. The van der Waals surface area contributed by atoms with E-state index in [1.165, 1.54) is 21.5 Å².